The third-order valence-corrected chi connectivity index (χ3v) is 3.94. The number of primary amides is 1. The van der Waals surface area contributed by atoms with Crippen molar-refractivity contribution >= 4 is 17.5 Å². The predicted octanol–water partition coefficient (Wildman–Crippen LogP) is 0.836. The van der Waals surface area contributed by atoms with Crippen LogP contribution in [0.4, 0.5) is 5.69 Å². The van der Waals surface area contributed by atoms with Crippen molar-refractivity contribution in [3.63, 3.8) is 0 Å². The van der Waals surface area contributed by atoms with Crippen molar-refractivity contribution in [3.8, 4) is 0 Å². The Kier molecular flexibility index (Phi) is 6.40. The molecule has 0 aliphatic carbocycles. The van der Waals surface area contributed by atoms with Crippen LogP contribution in [0.1, 0.15) is 25.3 Å². The normalized spacial score (nSPS) is 16.2. The molecule has 1 aromatic rings. The van der Waals surface area contributed by atoms with Crippen molar-refractivity contribution in [2.75, 3.05) is 31.2 Å². The highest BCUT2D eigenvalue weighted by Gasteiger charge is 2.33. The van der Waals surface area contributed by atoms with E-state index in [1.165, 1.54) is 0 Å². The maximum atomic E-state index is 12.1. The summed E-state index contributed by atoms with van der Waals surface area (Å²) in [5.41, 5.74) is 7.44. The summed E-state index contributed by atoms with van der Waals surface area (Å²) in [5.74, 6) is -0.538. The summed E-state index contributed by atoms with van der Waals surface area (Å²) in [4.78, 5) is 25.5. The molecule has 6 heteroatoms. The van der Waals surface area contributed by atoms with Crippen LogP contribution in [-0.4, -0.2) is 44.2 Å². The zero-order valence-electron chi connectivity index (χ0n) is 13.6. The number of ether oxygens (including phenoxy) is 1. The van der Waals surface area contributed by atoms with Gasteiger partial charge in [0.2, 0.25) is 11.8 Å². The van der Waals surface area contributed by atoms with E-state index in [-0.39, 0.29) is 12.5 Å². The van der Waals surface area contributed by atoms with Crippen molar-refractivity contribution in [3.05, 3.63) is 29.8 Å². The Balaban J connectivity index is 1.85. The number of amides is 2. The molecule has 0 saturated carbocycles. The van der Waals surface area contributed by atoms with Gasteiger partial charge in [0.1, 0.15) is 6.04 Å². The Bertz CT molecular complexity index is 548. The lowest BCUT2D eigenvalue weighted by Crippen LogP contribution is -2.47. The molecule has 0 spiro atoms. The van der Waals surface area contributed by atoms with Crippen molar-refractivity contribution in [2.24, 2.45) is 5.73 Å². The molecule has 126 valence electrons. The first-order valence-electron chi connectivity index (χ1n) is 8.11. The largest absolute Gasteiger partial charge is 0.380 e. The van der Waals surface area contributed by atoms with Gasteiger partial charge in [0.25, 0.3) is 0 Å². The van der Waals surface area contributed by atoms with Crippen molar-refractivity contribution in [1.82, 2.24) is 5.32 Å². The molecule has 1 aromatic carbocycles. The van der Waals surface area contributed by atoms with Gasteiger partial charge in [-0.1, -0.05) is 31.5 Å². The fourth-order valence-corrected chi connectivity index (χ4v) is 2.72. The fraction of sp³-hybridized carbons (Fsp3) is 0.529. The summed E-state index contributed by atoms with van der Waals surface area (Å²) in [7, 11) is 0. The van der Waals surface area contributed by atoms with Crippen LogP contribution < -0.4 is 16.0 Å². The number of rotatable bonds is 9. The van der Waals surface area contributed by atoms with Crippen molar-refractivity contribution in [2.45, 2.75) is 32.2 Å². The van der Waals surface area contributed by atoms with Gasteiger partial charge in [-0.05, 0) is 18.1 Å². The molecule has 3 N–H and O–H groups in total. The standard InChI is InChI=1S/C17H25N3O3/c1-2-3-9-23-10-8-19-16(21)12-20-14-7-5-4-6-13(14)11-15(20)17(18)22/h4-7,15H,2-3,8-12H2,1H3,(H2,18,22)(H,19,21). The number of nitrogens with one attached hydrogen (secondary N) is 1. The van der Waals surface area contributed by atoms with Crippen LogP contribution in [0.2, 0.25) is 0 Å². The second-order valence-electron chi connectivity index (χ2n) is 5.69. The number of benzene rings is 1. The predicted molar refractivity (Wildman–Crippen MR) is 89.2 cm³/mol. The maximum Gasteiger partial charge on any atom is 0.240 e. The molecule has 6 nitrogen and oxygen atoms in total. The zero-order valence-corrected chi connectivity index (χ0v) is 13.6. The van der Waals surface area contributed by atoms with Crippen LogP contribution in [-0.2, 0) is 20.7 Å². The van der Waals surface area contributed by atoms with E-state index >= 15 is 0 Å². The molecule has 2 amide bonds. The first-order valence-corrected chi connectivity index (χ1v) is 8.11. The van der Waals surface area contributed by atoms with Gasteiger partial charge in [-0.25, -0.2) is 0 Å². The van der Waals surface area contributed by atoms with Gasteiger partial charge in [-0.15, -0.1) is 0 Å². The van der Waals surface area contributed by atoms with E-state index in [2.05, 4.69) is 12.2 Å². The number of hydrogen-bond acceptors (Lipinski definition) is 4. The summed E-state index contributed by atoms with van der Waals surface area (Å²) in [6.07, 6.45) is 2.67. The lowest BCUT2D eigenvalue weighted by Gasteiger charge is -2.24. The molecule has 2 rings (SSSR count). The molecule has 1 heterocycles. The highest BCUT2D eigenvalue weighted by Crippen LogP contribution is 2.31. The lowest BCUT2D eigenvalue weighted by molar-refractivity contribution is -0.120. The number of anilines is 1. The Labute approximate surface area is 137 Å². The van der Waals surface area contributed by atoms with Crippen LogP contribution in [0.15, 0.2) is 24.3 Å². The molecule has 1 aliphatic heterocycles. The number of hydrogen-bond donors (Lipinski definition) is 2. The molecule has 23 heavy (non-hydrogen) atoms. The number of nitrogens with two attached hydrogens (primary N) is 1. The Morgan fingerprint density at radius 1 is 1.35 bits per heavy atom. The lowest BCUT2D eigenvalue weighted by atomic mass is 10.1. The number of fused-ring (bicyclic) bond motifs is 1. The summed E-state index contributed by atoms with van der Waals surface area (Å²) < 4.78 is 5.41. The summed E-state index contributed by atoms with van der Waals surface area (Å²) in [6.45, 7) is 3.92. The average molecular weight is 319 g/mol. The van der Waals surface area contributed by atoms with E-state index in [0.717, 1.165) is 30.7 Å². The third kappa shape index (κ3) is 4.69. The van der Waals surface area contributed by atoms with Crippen LogP contribution in [0.5, 0.6) is 0 Å². The number of para-hydroxylation sites is 1. The second kappa shape index (κ2) is 8.53. The van der Waals surface area contributed by atoms with Gasteiger partial charge in [-0.2, -0.15) is 0 Å². The molecule has 0 aromatic heterocycles. The van der Waals surface area contributed by atoms with E-state index in [0.29, 0.717) is 19.6 Å². The molecular formula is C17H25N3O3. The van der Waals surface area contributed by atoms with Crippen LogP contribution >= 0.6 is 0 Å². The first-order chi connectivity index (χ1) is 11.1. The molecule has 1 atom stereocenters. The molecule has 0 saturated heterocycles. The molecule has 0 radical (unpaired) electrons. The fourth-order valence-electron chi connectivity index (χ4n) is 2.72. The van der Waals surface area contributed by atoms with Gasteiger partial charge in [0.05, 0.1) is 13.2 Å². The monoisotopic (exact) mass is 319 g/mol. The average Bonchev–Trinajstić information content (AvgIpc) is 2.90. The highest BCUT2D eigenvalue weighted by atomic mass is 16.5. The minimum Gasteiger partial charge on any atom is -0.380 e. The minimum absolute atomic E-state index is 0.125. The molecular weight excluding hydrogens is 294 g/mol. The maximum absolute atomic E-state index is 12.1. The van der Waals surface area contributed by atoms with Gasteiger partial charge in [0.15, 0.2) is 0 Å². The van der Waals surface area contributed by atoms with Crippen LogP contribution in [0.3, 0.4) is 0 Å². The van der Waals surface area contributed by atoms with E-state index in [1.807, 2.05) is 24.3 Å². The Morgan fingerprint density at radius 3 is 2.87 bits per heavy atom. The van der Waals surface area contributed by atoms with Crippen molar-refractivity contribution in [1.29, 1.82) is 0 Å². The van der Waals surface area contributed by atoms with Crippen molar-refractivity contribution < 1.29 is 14.3 Å². The zero-order chi connectivity index (χ0) is 16.7. The second-order valence-corrected chi connectivity index (χ2v) is 5.69. The van der Waals surface area contributed by atoms with E-state index in [9.17, 15) is 9.59 Å². The summed E-state index contributed by atoms with van der Waals surface area (Å²) in [5, 5.41) is 2.82. The SMILES string of the molecule is CCCCOCCNC(=O)CN1c2ccccc2CC1C(N)=O. The number of nitrogens with zero attached hydrogens (tertiary/aromatic N) is 1. The molecule has 1 aliphatic rings. The Morgan fingerprint density at radius 2 is 2.13 bits per heavy atom. The topological polar surface area (TPSA) is 84.7 Å². The van der Waals surface area contributed by atoms with Crippen LogP contribution in [0.25, 0.3) is 0 Å². The van der Waals surface area contributed by atoms with Gasteiger partial charge >= 0.3 is 0 Å². The van der Waals surface area contributed by atoms with E-state index in [1.54, 1.807) is 4.90 Å². The molecule has 0 fully saturated rings. The number of carbonyl (C=O) groups excluding carboxylic acids is 2. The summed E-state index contributed by atoms with van der Waals surface area (Å²) in [6, 6.07) is 7.24. The van der Waals surface area contributed by atoms with E-state index in [4.69, 9.17) is 10.5 Å². The smallest absolute Gasteiger partial charge is 0.240 e. The first kappa shape index (κ1) is 17.3. The van der Waals surface area contributed by atoms with Gasteiger partial charge < -0.3 is 20.7 Å². The third-order valence-electron chi connectivity index (χ3n) is 3.94. The quantitative estimate of drug-likeness (QED) is 0.661. The highest BCUT2D eigenvalue weighted by molar-refractivity contribution is 5.90. The van der Waals surface area contributed by atoms with Gasteiger partial charge in [0, 0.05) is 25.3 Å². The Hall–Kier alpha value is -2.08. The minimum atomic E-state index is -0.459. The summed E-state index contributed by atoms with van der Waals surface area (Å²) >= 11 is 0. The van der Waals surface area contributed by atoms with E-state index < -0.39 is 11.9 Å². The number of carbonyl (C=O) groups is 2. The number of unbranched alkanes of at least 4 members (excludes halogenated alkanes) is 1. The molecule has 1 unspecified atom stereocenters. The molecule has 0 bridgehead atoms. The van der Waals surface area contributed by atoms with Crippen LogP contribution in [0, 0.1) is 0 Å². The van der Waals surface area contributed by atoms with Gasteiger partial charge in [-0.3, -0.25) is 9.59 Å².